The molecule has 1 aliphatic heterocycles. The quantitative estimate of drug-likeness (QED) is 0.889. The van der Waals surface area contributed by atoms with Crippen molar-refractivity contribution in [3.63, 3.8) is 0 Å². The Morgan fingerprint density at radius 3 is 3.00 bits per heavy atom. The fourth-order valence-electron chi connectivity index (χ4n) is 1.78. The SMILES string of the molecule is O=C(COc1ccc(Cl)cc1Cl)NC1CCNC1. The Bertz CT molecular complexity index is 434. The van der Waals surface area contributed by atoms with Crippen LogP contribution in [0.3, 0.4) is 0 Å². The van der Waals surface area contributed by atoms with Gasteiger partial charge < -0.3 is 15.4 Å². The van der Waals surface area contributed by atoms with Crippen LogP contribution >= 0.6 is 23.2 Å². The molecule has 1 fully saturated rings. The summed E-state index contributed by atoms with van der Waals surface area (Å²) in [5.41, 5.74) is 0. The molecule has 0 radical (unpaired) electrons. The molecule has 0 aromatic heterocycles. The average Bonchev–Trinajstić information content (AvgIpc) is 2.80. The van der Waals surface area contributed by atoms with Gasteiger partial charge >= 0.3 is 0 Å². The lowest BCUT2D eigenvalue weighted by molar-refractivity contribution is -0.123. The number of nitrogens with one attached hydrogen (secondary N) is 2. The molecule has 1 amide bonds. The predicted molar refractivity (Wildman–Crippen MR) is 71.4 cm³/mol. The number of carbonyl (C=O) groups is 1. The standard InChI is InChI=1S/C12H14Cl2N2O2/c13-8-1-2-11(10(14)5-8)18-7-12(17)16-9-3-4-15-6-9/h1-2,5,9,15H,3-4,6-7H2,(H,16,17). The van der Waals surface area contributed by atoms with Gasteiger partial charge in [0, 0.05) is 17.6 Å². The fraction of sp³-hybridized carbons (Fsp3) is 0.417. The summed E-state index contributed by atoms with van der Waals surface area (Å²) in [6.07, 6.45) is 0.952. The summed E-state index contributed by atoms with van der Waals surface area (Å²) in [5, 5.41) is 7.00. The highest BCUT2D eigenvalue weighted by Gasteiger charge is 2.16. The molecule has 0 saturated carbocycles. The molecule has 2 rings (SSSR count). The summed E-state index contributed by atoms with van der Waals surface area (Å²) < 4.78 is 5.34. The summed E-state index contributed by atoms with van der Waals surface area (Å²) in [7, 11) is 0. The number of hydrogen-bond acceptors (Lipinski definition) is 3. The molecule has 1 atom stereocenters. The van der Waals surface area contributed by atoms with E-state index in [1.54, 1.807) is 18.2 Å². The van der Waals surface area contributed by atoms with Gasteiger partial charge in [0.25, 0.3) is 5.91 Å². The molecule has 0 spiro atoms. The molecule has 1 unspecified atom stereocenters. The maximum atomic E-state index is 11.6. The zero-order chi connectivity index (χ0) is 13.0. The molecule has 1 aromatic rings. The zero-order valence-corrected chi connectivity index (χ0v) is 11.2. The van der Waals surface area contributed by atoms with Crippen LogP contribution in [0.15, 0.2) is 18.2 Å². The highest BCUT2D eigenvalue weighted by atomic mass is 35.5. The van der Waals surface area contributed by atoms with E-state index in [1.165, 1.54) is 0 Å². The van der Waals surface area contributed by atoms with Crippen molar-refractivity contribution >= 4 is 29.1 Å². The highest BCUT2D eigenvalue weighted by Crippen LogP contribution is 2.27. The second kappa shape index (κ2) is 6.27. The molecule has 1 saturated heterocycles. The molecule has 6 heteroatoms. The van der Waals surface area contributed by atoms with Crippen LogP contribution in [0.1, 0.15) is 6.42 Å². The normalized spacial score (nSPS) is 18.7. The van der Waals surface area contributed by atoms with Crippen molar-refractivity contribution in [2.45, 2.75) is 12.5 Å². The summed E-state index contributed by atoms with van der Waals surface area (Å²) in [5.74, 6) is 0.315. The summed E-state index contributed by atoms with van der Waals surface area (Å²) in [6, 6.07) is 5.09. The smallest absolute Gasteiger partial charge is 0.258 e. The van der Waals surface area contributed by atoms with E-state index in [1.807, 2.05) is 0 Å². The van der Waals surface area contributed by atoms with Crippen LogP contribution in [0.25, 0.3) is 0 Å². The van der Waals surface area contributed by atoms with Crippen molar-refractivity contribution in [3.8, 4) is 5.75 Å². The second-order valence-electron chi connectivity index (χ2n) is 4.12. The van der Waals surface area contributed by atoms with Crippen molar-refractivity contribution in [1.29, 1.82) is 0 Å². The number of halogens is 2. The van der Waals surface area contributed by atoms with Crippen LogP contribution < -0.4 is 15.4 Å². The maximum Gasteiger partial charge on any atom is 0.258 e. The van der Waals surface area contributed by atoms with Gasteiger partial charge in [-0.25, -0.2) is 0 Å². The number of carbonyl (C=O) groups excluding carboxylic acids is 1. The largest absolute Gasteiger partial charge is 0.482 e. The Kier molecular flexibility index (Phi) is 4.69. The third-order valence-electron chi connectivity index (χ3n) is 2.68. The molecule has 1 aromatic carbocycles. The molecule has 18 heavy (non-hydrogen) atoms. The molecule has 4 nitrogen and oxygen atoms in total. The zero-order valence-electron chi connectivity index (χ0n) is 9.71. The third kappa shape index (κ3) is 3.77. The van der Waals surface area contributed by atoms with Crippen molar-refractivity contribution in [1.82, 2.24) is 10.6 Å². The lowest BCUT2D eigenvalue weighted by atomic mass is 10.2. The first-order valence-electron chi connectivity index (χ1n) is 5.73. The number of hydrogen-bond donors (Lipinski definition) is 2. The van der Waals surface area contributed by atoms with Crippen LogP contribution in [0.5, 0.6) is 5.75 Å². The van der Waals surface area contributed by atoms with Crippen molar-refractivity contribution < 1.29 is 9.53 Å². The van der Waals surface area contributed by atoms with Crippen LogP contribution in [-0.4, -0.2) is 31.6 Å². The van der Waals surface area contributed by atoms with Crippen LogP contribution in [-0.2, 0) is 4.79 Å². The molecule has 0 aliphatic carbocycles. The maximum absolute atomic E-state index is 11.6. The number of benzene rings is 1. The van der Waals surface area contributed by atoms with E-state index in [4.69, 9.17) is 27.9 Å². The van der Waals surface area contributed by atoms with E-state index in [9.17, 15) is 4.79 Å². The fourth-order valence-corrected chi connectivity index (χ4v) is 2.25. The van der Waals surface area contributed by atoms with Gasteiger partial charge in [0.1, 0.15) is 5.75 Å². The van der Waals surface area contributed by atoms with Gasteiger partial charge in [-0.15, -0.1) is 0 Å². The van der Waals surface area contributed by atoms with Crippen LogP contribution in [0, 0.1) is 0 Å². The Morgan fingerprint density at radius 1 is 1.50 bits per heavy atom. The van der Waals surface area contributed by atoms with Gasteiger partial charge in [0.15, 0.2) is 6.61 Å². The molecule has 1 aliphatic rings. The molecule has 0 bridgehead atoms. The van der Waals surface area contributed by atoms with Crippen LogP contribution in [0.2, 0.25) is 10.0 Å². The van der Waals surface area contributed by atoms with Crippen molar-refractivity contribution in [2.75, 3.05) is 19.7 Å². The Hall–Kier alpha value is -0.970. The Balaban J connectivity index is 1.81. The molecule has 1 heterocycles. The Morgan fingerprint density at radius 2 is 2.33 bits per heavy atom. The molecular weight excluding hydrogens is 275 g/mol. The molecular formula is C12H14Cl2N2O2. The van der Waals surface area contributed by atoms with E-state index in [-0.39, 0.29) is 18.6 Å². The number of ether oxygens (including phenoxy) is 1. The average molecular weight is 289 g/mol. The van der Waals surface area contributed by atoms with Crippen molar-refractivity contribution in [2.24, 2.45) is 0 Å². The summed E-state index contributed by atoms with van der Waals surface area (Å²) in [6.45, 7) is 1.71. The first-order chi connectivity index (χ1) is 8.65. The van der Waals surface area contributed by atoms with E-state index in [2.05, 4.69) is 10.6 Å². The topological polar surface area (TPSA) is 50.4 Å². The number of rotatable bonds is 4. The van der Waals surface area contributed by atoms with Gasteiger partial charge in [-0.05, 0) is 31.2 Å². The van der Waals surface area contributed by atoms with Crippen molar-refractivity contribution in [3.05, 3.63) is 28.2 Å². The third-order valence-corrected chi connectivity index (χ3v) is 3.21. The lowest BCUT2D eigenvalue weighted by Crippen LogP contribution is -2.39. The van der Waals surface area contributed by atoms with E-state index in [0.717, 1.165) is 19.5 Å². The van der Waals surface area contributed by atoms with Gasteiger partial charge in [-0.1, -0.05) is 23.2 Å². The van der Waals surface area contributed by atoms with Gasteiger partial charge in [-0.3, -0.25) is 4.79 Å². The highest BCUT2D eigenvalue weighted by molar-refractivity contribution is 6.35. The minimum atomic E-state index is -0.144. The second-order valence-corrected chi connectivity index (χ2v) is 4.96. The minimum absolute atomic E-state index is 0.0438. The van der Waals surface area contributed by atoms with E-state index >= 15 is 0 Å². The van der Waals surface area contributed by atoms with E-state index in [0.29, 0.717) is 15.8 Å². The monoisotopic (exact) mass is 288 g/mol. The summed E-state index contributed by atoms with van der Waals surface area (Å²) >= 11 is 11.7. The van der Waals surface area contributed by atoms with E-state index < -0.39 is 0 Å². The number of amides is 1. The first-order valence-corrected chi connectivity index (χ1v) is 6.48. The first kappa shape index (κ1) is 13.5. The van der Waals surface area contributed by atoms with Crippen LogP contribution in [0.4, 0.5) is 0 Å². The van der Waals surface area contributed by atoms with Gasteiger partial charge in [0.2, 0.25) is 0 Å². The predicted octanol–water partition coefficient (Wildman–Crippen LogP) is 1.85. The molecule has 98 valence electrons. The lowest BCUT2D eigenvalue weighted by Gasteiger charge is -2.12. The summed E-state index contributed by atoms with van der Waals surface area (Å²) in [4.78, 5) is 11.6. The van der Waals surface area contributed by atoms with Gasteiger partial charge in [-0.2, -0.15) is 0 Å². The molecule has 2 N–H and O–H groups in total. The minimum Gasteiger partial charge on any atom is -0.482 e. The Labute approximate surface area is 116 Å². The van der Waals surface area contributed by atoms with Gasteiger partial charge in [0.05, 0.1) is 5.02 Å².